The zero-order valence-corrected chi connectivity index (χ0v) is 11.5. The number of carbonyl (C=O) groups is 1. The number of carbonyl (C=O) groups excluding carboxylic acids is 1. The zero-order chi connectivity index (χ0) is 13.4. The van der Waals surface area contributed by atoms with E-state index in [1.165, 1.54) is 12.8 Å². The lowest BCUT2D eigenvalue weighted by Crippen LogP contribution is -2.32. The van der Waals surface area contributed by atoms with E-state index >= 15 is 0 Å². The molecule has 1 aromatic rings. The Bertz CT molecular complexity index is 499. The van der Waals surface area contributed by atoms with Crippen LogP contribution in [0, 0.1) is 31.6 Å². The molecule has 2 aliphatic rings. The van der Waals surface area contributed by atoms with Gasteiger partial charge in [0.1, 0.15) is 5.76 Å². The molecule has 0 spiro atoms. The number of hydrogen-bond donors (Lipinski definition) is 1. The molecule has 1 heterocycles. The van der Waals surface area contributed by atoms with E-state index in [1.807, 2.05) is 13.8 Å². The Hall–Kier alpha value is -1.58. The molecule has 3 rings (SSSR count). The Morgan fingerprint density at radius 1 is 1.42 bits per heavy atom. The van der Waals surface area contributed by atoms with Crippen molar-refractivity contribution in [3.63, 3.8) is 0 Å². The molecule has 3 atom stereocenters. The number of rotatable bonds is 4. The first-order valence-corrected chi connectivity index (χ1v) is 7.00. The highest BCUT2D eigenvalue weighted by Gasteiger charge is 2.35. The smallest absolute Gasteiger partial charge is 0.224 e. The van der Waals surface area contributed by atoms with Gasteiger partial charge in [-0.3, -0.25) is 4.79 Å². The number of aryl methyl sites for hydroxylation is 2. The summed E-state index contributed by atoms with van der Waals surface area (Å²) in [5.74, 6) is 2.89. The largest absolute Gasteiger partial charge is 0.361 e. The highest BCUT2D eigenvalue weighted by molar-refractivity contribution is 5.79. The van der Waals surface area contributed by atoms with Crippen LogP contribution in [0.5, 0.6) is 0 Å². The Morgan fingerprint density at radius 3 is 2.84 bits per heavy atom. The van der Waals surface area contributed by atoms with Crippen molar-refractivity contribution in [2.75, 3.05) is 6.54 Å². The summed E-state index contributed by atoms with van der Waals surface area (Å²) >= 11 is 0. The fourth-order valence-electron chi connectivity index (χ4n) is 3.35. The van der Waals surface area contributed by atoms with Gasteiger partial charge in [0.2, 0.25) is 5.91 Å². The topological polar surface area (TPSA) is 55.1 Å². The minimum atomic E-state index is 0.0705. The third kappa shape index (κ3) is 2.44. The highest BCUT2D eigenvalue weighted by Crippen LogP contribution is 2.42. The number of nitrogens with zero attached hydrogens (tertiary/aromatic N) is 1. The van der Waals surface area contributed by atoms with Gasteiger partial charge >= 0.3 is 0 Å². The summed E-state index contributed by atoms with van der Waals surface area (Å²) in [7, 11) is 0. The lowest BCUT2D eigenvalue weighted by molar-refractivity contribution is -0.120. The second-order valence-corrected chi connectivity index (χ2v) is 5.82. The number of fused-ring (bicyclic) bond motifs is 2. The van der Waals surface area contributed by atoms with Crippen LogP contribution in [0.25, 0.3) is 0 Å². The van der Waals surface area contributed by atoms with Gasteiger partial charge in [-0.25, -0.2) is 0 Å². The van der Waals surface area contributed by atoms with Gasteiger partial charge in [0.15, 0.2) is 0 Å². The first kappa shape index (κ1) is 12.5. The molecule has 1 fully saturated rings. The third-order valence-electron chi connectivity index (χ3n) is 4.50. The van der Waals surface area contributed by atoms with Crippen molar-refractivity contribution >= 4 is 5.91 Å². The number of hydrogen-bond acceptors (Lipinski definition) is 3. The van der Waals surface area contributed by atoms with Crippen LogP contribution in [0.15, 0.2) is 16.7 Å². The van der Waals surface area contributed by atoms with Crippen LogP contribution in [0.4, 0.5) is 0 Å². The van der Waals surface area contributed by atoms with Gasteiger partial charge in [0, 0.05) is 12.1 Å². The van der Waals surface area contributed by atoms with Crippen molar-refractivity contribution in [2.45, 2.75) is 33.1 Å². The van der Waals surface area contributed by atoms with Gasteiger partial charge in [-0.15, -0.1) is 0 Å². The normalized spacial score (nSPS) is 28.0. The molecule has 1 N–H and O–H groups in total. The monoisotopic (exact) mass is 260 g/mol. The summed E-state index contributed by atoms with van der Waals surface area (Å²) < 4.78 is 5.08. The quantitative estimate of drug-likeness (QED) is 0.844. The van der Waals surface area contributed by atoms with Crippen molar-refractivity contribution in [3.8, 4) is 0 Å². The Labute approximate surface area is 113 Å². The van der Waals surface area contributed by atoms with Gasteiger partial charge in [-0.1, -0.05) is 17.3 Å². The Morgan fingerprint density at radius 2 is 2.26 bits per heavy atom. The van der Waals surface area contributed by atoms with Crippen LogP contribution in [0.3, 0.4) is 0 Å². The SMILES string of the molecule is Cc1noc(C)c1CC(=O)NC[C@H]1C[C@@H]2C=C[C@@H]1C2. The van der Waals surface area contributed by atoms with E-state index in [0.29, 0.717) is 18.3 Å². The maximum atomic E-state index is 12.0. The number of allylic oxidation sites excluding steroid dienone is 2. The van der Waals surface area contributed by atoms with Crippen molar-refractivity contribution in [3.05, 3.63) is 29.2 Å². The highest BCUT2D eigenvalue weighted by atomic mass is 16.5. The number of amides is 1. The van der Waals surface area contributed by atoms with Gasteiger partial charge in [-0.2, -0.15) is 0 Å². The van der Waals surface area contributed by atoms with Crippen molar-refractivity contribution in [1.82, 2.24) is 10.5 Å². The molecule has 0 unspecified atom stereocenters. The first-order valence-electron chi connectivity index (χ1n) is 7.00. The number of nitrogens with one attached hydrogen (secondary N) is 1. The average molecular weight is 260 g/mol. The second kappa shape index (κ2) is 4.83. The maximum absolute atomic E-state index is 12.0. The minimum Gasteiger partial charge on any atom is -0.361 e. The van der Waals surface area contributed by atoms with Crippen molar-refractivity contribution < 1.29 is 9.32 Å². The van der Waals surface area contributed by atoms with Crippen LogP contribution in [0.1, 0.15) is 29.9 Å². The van der Waals surface area contributed by atoms with E-state index in [0.717, 1.165) is 29.5 Å². The van der Waals surface area contributed by atoms with E-state index in [-0.39, 0.29) is 5.91 Å². The fourth-order valence-corrected chi connectivity index (χ4v) is 3.35. The van der Waals surface area contributed by atoms with E-state index in [2.05, 4.69) is 22.6 Å². The summed E-state index contributed by atoms with van der Waals surface area (Å²) in [5, 5.41) is 6.93. The summed E-state index contributed by atoms with van der Waals surface area (Å²) in [6, 6.07) is 0. The van der Waals surface area contributed by atoms with Gasteiger partial charge in [0.25, 0.3) is 0 Å². The predicted octanol–water partition coefficient (Wildman–Crippen LogP) is 2.16. The van der Waals surface area contributed by atoms with E-state index in [1.54, 1.807) is 0 Å². The molecule has 0 radical (unpaired) electrons. The molecular weight excluding hydrogens is 240 g/mol. The first-order chi connectivity index (χ1) is 9.13. The van der Waals surface area contributed by atoms with Crippen LogP contribution < -0.4 is 5.32 Å². The molecule has 102 valence electrons. The van der Waals surface area contributed by atoms with Gasteiger partial charge < -0.3 is 9.84 Å². The molecule has 4 nitrogen and oxygen atoms in total. The molecule has 0 saturated heterocycles. The Balaban J connectivity index is 1.51. The summed E-state index contributed by atoms with van der Waals surface area (Å²) in [6.07, 6.45) is 7.53. The van der Waals surface area contributed by atoms with Crippen LogP contribution in [-0.2, 0) is 11.2 Å². The molecule has 1 aromatic heterocycles. The minimum absolute atomic E-state index is 0.0705. The molecular formula is C15H20N2O2. The zero-order valence-electron chi connectivity index (χ0n) is 11.5. The van der Waals surface area contributed by atoms with Crippen LogP contribution in [0.2, 0.25) is 0 Å². The van der Waals surface area contributed by atoms with Crippen LogP contribution in [-0.4, -0.2) is 17.6 Å². The van der Waals surface area contributed by atoms with Gasteiger partial charge in [-0.05, 0) is 44.4 Å². The van der Waals surface area contributed by atoms with Crippen molar-refractivity contribution in [1.29, 1.82) is 0 Å². The van der Waals surface area contributed by atoms with E-state index in [9.17, 15) is 4.79 Å². The average Bonchev–Trinajstić information content (AvgIpc) is 3.08. The van der Waals surface area contributed by atoms with E-state index in [4.69, 9.17) is 4.52 Å². The summed E-state index contributed by atoms with van der Waals surface area (Å²) in [4.78, 5) is 12.0. The summed E-state index contributed by atoms with van der Waals surface area (Å²) in [5.41, 5.74) is 1.74. The molecule has 4 heteroatoms. The Kier molecular flexibility index (Phi) is 3.17. The molecule has 1 saturated carbocycles. The molecule has 2 aliphatic carbocycles. The molecule has 0 aromatic carbocycles. The standard InChI is InChI=1S/C15H20N2O2/c1-9-14(10(2)19-17-9)7-15(18)16-8-13-6-11-3-4-12(13)5-11/h3-4,11-13H,5-8H2,1-2H3,(H,16,18)/t11-,12-,13-/m1/s1. The molecule has 19 heavy (non-hydrogen) atoms. The molecule has 2 bridgehead atoms. The molecule has 0 aliphatic heterocycles. The summed E-state index contributed by atoms with van der Waals surface area (Å²) in [6.45, 7) is 4.52. The van der Waals surface area contributed by atoms with E-state index < -0.39 is 0 Å². The lowest BCUT2D eigenvalue weighted by atomic mass is 9.93. The fraction of sp³-hybridized carbons (Fsp3) is 0.600. The second-order valence-electron chi connectivity index (χ2n) is 5.82. The van der Waals surface area contributed by atoms with Gasteiger partial charge in [0.05, 0.1) is 12.1 Å². The number of aromatic nitrogens is 1. The van der Waals surface area contributed by atoms with Crippen LogP contribution >= 0.6 is 0 Å². The maximum Gasteiger partial charge on any atom is 0.224 e. The molecule has 1 amide bonds. The predicted molar refractivity (Wildman–Crippen MR) is 71.5 cm³/mol. The third-order valence-corrected chi connectivity index (χ3v) is 4.50. The lowest BCUT2D eigenvalue weighted by Gasteiger charge is -2.18. The van der Waals surface area contributed by atoms with Crippen molar-refractivity contribution in [2.24, 2.45) is 17.8 Å².